The summed E-state index contributed by atoms with van der Waals surface area (Å²) in [5.74, 6) is 0. The molecule has 8 heteroatoms. The lowest BCUT2D eigenvalue weighted by Gasteiger charge is -2.13. The number of hydrogen-bond acceptors (Lipinski definition) is 2. The van der Waals surface area contributed by atoms with E-state index in [0.717, 1.165) is 43.5 Å². The van der Waals surface area contributed by atoms with Crippen LogP contribution in [0.15, 0.2) is 18.3 Å². The second-order valence-electron chi connectivity index (χ2n) is 5.23. The van der Waals surface area contributed by atoms with Gasteiger partial charge >= 0.3 is 6.18 Å². The highest BCUT2D eigenvalue weighted by Crippen LogP contribution is 2.37. The number of rotatable bonds is 6. The van der Waals surface area contributed by atoms with Gasteiger partial charge in [0.2, 0.25) is 0 Å². The van der Waals surface area contributed by atoms with E-state index in [1.807, 2.05) is 0 Å². The van der Waals surface area contributed by atoms with E-state index in [0.29, 0.717) is 6.42 Å². The van der Waals surface area contributed by atoms with Gasteiger partial charge in [0.25, 0.3) is 0 Å². The SMILES string of the molecule is CCCCCCc1cnnn1-c1c(Cl)cc(C(F)(F)F)cc1Cl. The van der Waals surface area contributed by atoms with Gasteiger partial charge in [-0.2, -0.15) is 13.2 Å². The minimum atomic E-state index is -4.50. The topological polar surface area (TPSA) is 30.7 Å². The number of benzene rings is 1. The summed E-state index contributed by atoms with van der Waals surface area (Å²) in [6.07, 6.45) is 2.04. The molecule has 2 aromatic rings. The maximum absolute atomic E-state index is 12.8. The third kappa shape index (κ3) is 4.38. The van der Waals surface area contributed by atoms with Crippen LogP contribution in [0.4, 0.5) is 13.2 Å². The van der Waals surface area contributed by atoms with Crippen molar-refractivity contribution in [3.8, 4) is 5.69 Å². The van der Waals surface area contributed by atoms with E-state index in [4.69, 9.17) is 23.2 Å². The molecule has 0 fully saturated rings. The van der Waals surface area contributed by atoms with Crippen molar-refractivity contribution in [2.75, 3.05) is 0 Å². The molecule has 0 amide bonds. The summed E-state index contributed by atoms with van der Waals surface area (Å²) in [5, 5.41) is 7.53. The highest BCUT2D eigenvalue weighted by atomic mass is 35.5. The molecule has 0 aliphatic carbocycles. The first-order chi connectivity index (χ1) is 10.8. The van der Waals surface area contributed by atoms with Gasteiger partial charge in [-0.05, 0) is 25.0 Å². The molecule has 0 aliphatic rings. The Hall–Kier alpha value is -1.27. The number of alkyl halides is 3. The molecular formula is C15H16Cl2F3N3. The highest BCUT2D eigenvalue weighted by molar-refractivity contribution is 6.37. The minimum absolute atomic E-state index is 0.106. The van der Waals surface area contributed by atoms with Crippen LogP contribution in [0.1, 0.15) is 43.9 Å². The molecule has 0 aliphatic heterocycles. The second-order valence-corrected chi connectivity index (χ2v) is 6.05. The quantitative estimate of drug-likeness (QED) is 0.613. The molecule has 1 heterocycles. The number of aromatic nitrogens is 3. The van der Waals surface area contributed by atoms with E-state index in [-0.39, 0.29) is 15.7 Å². The van der Waals surface area contributed by atoms with Crippen molar-refractivity contribution in [1.82, 2.24) is 15.0 Å². The van der Waals surface area contributed by atoms with Crippen LogP contribution in [0.2, 0.25) is 10.0 Å². The summed E-state index contributed by atoms with van der Waals surface area (Å²) in [5.41, 5.74) is 0.106. The minimum Gasteiger partial charge on any atom is -0.215 e. The predicted octanol–water partition coefficient (Wildman–Crippen LogP) is 5.72. The summed E-state index contributed by atoms with van der Waals surface area (Å²) in [6, 6.07) is 1.70. The first-order valence-electron chi connectivity index (χ1n) is 7.30. The van der Waals surface area contributed by atoms with Crippen LogP contribution in [-0.2, 0) is 12.6 Å². The van der Waals surface area contributed by atoms with E-state index in [1.165, 1.54) is 4.68 Å². The van der Waals surface area contributed by atoms with E-state index >= 15 is 0 Å². The lowest BCUT2D eigenvalue weighted by atomic mass is 10.1. The maximum atomic E-state index is 12.8. The molecule has 1 aromatic heterocycles. The van der Waals surface area contributed by atoms with Crippen LogP contribution in [0.5, 0.6) is 0 Å². The average molecular weight is 366 g/mol. The molecule has 3 nitrogen and oxygen atoms in total. The normalized spacial score (nSPS) is 11.9. The number of hydrogen-bond donors (Lipinski definition) is 0. The average Bonchev–Trinajstić information content (AvgIpc) is 2.90. The van der Waals surface area contributed by atoms with Gasteiger partial charge in [0.1, 0.15) is 5.69 Å². The molecule has 0 bridgehead atoms. The number of nitrogens with zero attached hydrogens (tertiary/aromatic N) is 3. The summed E-state index contributed by atoms with van der Waals surface area (Å²) < 4.78 is 39.8. The van der Waals surface area contributed by atoms with Gasteiger partial charge in [0, 0.05) is 0 Å². The molecular weight excluding hydrogens is 350 g/mol. The summed E-state index contributed by atoms with van der Waals surface area (Å²) >= 11 is 12.0. The summed E-state index contributed by atoms with van der Waals surface area (Å²) in [6.45, 7) is 2.12. The molecule has 0 N–H and O–H groups in total. The van der Waals surface area contributed by atoms with Crippen LogP contribution in [0.3, 0.4) is 0 Å². The number of aryl methyl sites for hydroxylation is 1. The van der Waals surface area contributed by atoms with Gasteiger partial charge in [-0.1, -0.05) is 54.6 Å². The fraction of sp³-hybridized carbons (Fsp3) is 0.467. The highest BCUT2D eigenvalue weighted by Gasteiger charge is 2.32. The Bertz CT molecular complexity index is 645. The molecule has 2 rings (SSSR count). The Morgan fingerprint density at radius 1 is 1.09 bits per heavy atom. The third-order valence-corrected chi connectivity index (χ3v) is 4.04. The fourth-order valence-corrected chi connectivity index (χ4v) is 2.93. The van der Waals surface area contributed by atoms with Gasteiger partial charge in [-0.3, -0.25) is 0 Å². The zero-order valence-corrected chi connectivity index (χ0v) is 14.0. The predicted molar refractivity (Wildman–Crippen MR) is 84.2 cm³/mol. The van der Waals surface area contributed by atoms with Crippen molar-refractivity contribution in [3.05, 3.63) is 39.6 Å². The van der Waals surface area contributed by atoms with Crippen LogP contribution >= 0.6 is 23.2 Å². The van der Waals surface area contributed by atoms with Gasteiger partial charge in [0.05, 0.1) is 27.5 Å². The fourth-order valence-electron chi connectivity index (χ4n) is 2.28. The summed E-state index contributed by atoms with van der Waals surface area (Å²) in [4.78, 5) is 0. The Balaban J connectivity index is 2.31. The van der Waals surface area contributed by atoms with Crippen LogP contribution in [0, 0.1) is 0 Å². The molecule has 1 aromatic carbocycles. The first kappa shape index (κ1) is 18.1. The van der Waals surface area contributed by atoms with E-state index in [1.54, 1.807) is 6.20 Å². The van der Waals surface area contributed by atoms with E-state index < -0.39 is 11.7 Å². The first-order valence-corrected chi connectivity index (χ1v) is 8.06. The second kappa shape index (κ2) is 7.53. The number of halogens is 5. The zero-order chi connectivity index (χ0) is 17.0. The van der Waals surface area contributed by atoms with Crippen molar-refractivity contribution < 1.29 is 13.2 Å². The van der Waals surface area contributed by atoms with Gasteiger partial charge in [-0.15, -0.1) is 5.10 Å². The molecule has 0 saturated carbocycles. The van der Waals surface area contributed by atoms with Gasteiger partial charge < -0.3 is 0 Å². The van der Waals surface area contributed by atoms with Crippen LogP contribution < -0.4 is 0 Å². The van der Waals surface area contributed by atoms with Gasteiger partial charge in [0.15, 0.2) is 0 Å². The molecule has 0 radical (unpaired) electrons. The molecule has 0 atom stereocenters. The number of unbranched alkanes of at least 4 members (excludes halogenated alkanes) is 3. The van der Waals surface area contributed by atoms with E-state index in [2.05, 4.69) is 17.2 Å². The lowest BCUT2D eigenvalue weighted by Crippen LogP contribution is -2.09. The van der Waals surface area contributed by atoms with Crippen LogP contribution in [-0.4, -0.2) is 15.0 Å². The molecule has 126 valence electrons. The summed E-state index contributed by atoms with van der Waals surface area (Å²) in [7, 11) is 0. The Kier molecular flexibility index (Phi) is 5.92. The Morgan fingerprint density at radius 2 is 1.74 bits per heavy atom. The van der Waals surface area contributed by atoms with E-state index in [9.17, 15) is 13.2 Å². The zero-order valence-electron chi connectivity index (χ0n) is 12.5. The van der Waals surface area contributed by atoms with Crippen molar-refractivity contribution >= 4 is 23.2 Å². The van der Waals surface area contributed by atoms with Crippen molar-refractivity contribution in [3.63, 3.8) is 0 Å². The van der Waals surface area contributed by atoms with Crippen molar-refractivity contribution in [2.24, 2.45) is 0 Å². The lowest BCUT2D eigenvalue weighted by molar-refractivity contribution is -0.137. The molecule has 23 heavy (non-hydrogen) atoms. The largest absolute Gasteiger partial charge is 0.416 e. The van der Waals surface area contributed by atoms with Crippen LogP contribution in [0.25, 0.3) is 5.69 Å². The third-order valence-electron chi connectivity index (χ3n) is 3.46. The maximum Gasteiger partial charge on any atom is 0.416 e. The standard InChI is InChI=1S/C15H16Cl2F3N3/c1-2-3-4-5-6-11-9-21-22-23(11)14-12(16)7-10(8-13(14)17)15(18,19)20/h7-9H,2-6H2,1H3. The van der Waals surface area contributed by atoms with Gasteiger partial charge in [-0.25, -0.2) is 4.68 Å². The Morgan fingerprint density at radius 3 is 2.30 bits per heavy atom. The smallest absolute Gasteiger partial charge is 0.215 e. The Labute approximate surface area is 142 Å². The molecule has 0 saturated heterocycles. The molecule has 0 unspecified atom stereocenters. The van der Waals surface area contributed by atoms with Crippen molar-refractivity contribution in [1.29, 1.82) is 0 Å². The molecule has 0 spiro atoms. The van der Waals surface area contributed by atoms with Crippen molar-refractivity contribution in [2.45, 2.75) is 45.2 Å². The monoisotopic (exact) mass is 365 g/mol.